The molecule has 0 amide bonds. The van der Waals surface area contributed by atoms with E-state index in [1.165, 1.54) is 6.42 Å². The molecule has 0 heterocycles. The third-order valence-electron chi connectivity index (χ3n) is 4.82. The quantitative estimate of drug-likeness (QED) is 0.448. The zero-order valence-corrected chi connectivity index (χ0v) is 15.2. The molecule has 0 radical (unpaired) electrons. The molecule has 2 saturated carbocycles. The second-order valence-corrected chi connectivity index (χ2v) is 6.94. The lowest BCUT2D eigenvalue weighted by Crippen LogP contribution is -2.63. The van der Waals surface area contributed by atoms with E-state index in [1.807, 2.05) is 7.05 Å². The first kappa shape index (κ1) is 17.0. The fourth-order valence-corrected chi connectivity index (χ4v) is 2.74. The number of ether oxygens (including phenoxy) is 1. The highest BCUT2D eigenvalue weighted by atomic mass is 127. The minimum atomic E-state index is 0. The Hall–Kier alpha value is -0.0400. The van der Waals surface area contributed by atoms with Gasteiger partial charge in [0.1, 0.15) is 0 Å². The van der Waals surface area contributed by atoms with Crippen LogP contribution in [0.3, 0.4) is 0 Å². The van der Waals surface area contributed by atoms with Crippen molar-refractivity contribution in [3.05, 3.63) is 0 Å². The van der Waals surface area contributed by atoms with Gasteiger partial charge in [0.2, 0.25) is 0 Å². The van der Waals surface area contributed by atoms with E-state index in [4.69, 9.17) is 4.74 Å². The average molecular weight is 381 g/mol. The zero-order valence-electron chi connectivity index (χ0n) is 12.9. The highest BCUT2D eigenvalue weighted by molar-refractivity contribution is 14.0. The number of guanidine groups is 1. The Bertz CT molecular complexity index is 355. The van der Waals surface area contributed by atoms with Crippen LogP contribution in [0.5, 0.6) is 0 Å². The second kappa shape index (κ2) is 5.76. The maximum absolute atomic E-state index is 5.47. The molecule has 5 heteroatoms. The van der Waals surface area contributed by atoms with Gasteiger partial charge in [0.05, 0.1) is 6.10 Å². The summed E-state index contributed by atoms with van der Waals surface area (Å²) in [5.74, 6) is 0.929. The van der Waals surface area contributed by atoms with Crippen LogP contribution >= 0.6 is 24.0 Å². The van der Waals surface area contributed by atoms with Gasteiger partial charge in [-0.25, -0.2) is 0 Å². The van der Waals surface area contributed by atoms with Crippen LogP contribution in [0.1, 0.15) is 40.5 Å². The maximum atomic E-state index is 5.47. The summed E-state index contributed by atoms with van der Waals surface area (Å²) in [4.78, 5) is 4.33. The monoisotopic (exact) mass is 381 g/mol. The van der Waals surface area contributed by atoms with Crippen molar-refractivity contribution in [2.45, 2.75) is 58.7 Å². The average Bonchev–Trinajstić information content (AvgIpc) is 2.89. The summed E-state index contributed by atoms with van der Waals surface area (Å²) in [6, 6.07) is 1.00. The largest absolute Gasteiger partial charge is 0.381 e. The fraction of sp³-hybridized carbons (Fsp3) is 0.929. The van der Waals surface area contributed by atoms with Gasteiger partial charge in [-0.2, -0.15) is 0 Å². The minimum Gasteiger partial charge on any atom is -0.381 e. The van der Waals surface area contributed by atoms with Crippen molar-refractivity contribution in [2.24, 2.45) is 15.8 Å². The highest BCUT2D eigenvalue weighted by Crippen LogP contribution is 2.45. The molecule has 112 valence electrons. The molecule has 0 aromatic heterocycles. The molecule has 2 fully saturated rings. The van der Waals surface area contributed by atoms with Crippen molar-refractivity contribution in [2.75, 3.05) is 14.2 Å². The first-order valence-corrected chi connectivity index (χ1v) is 6.84. The van der Waals surface area contributed by atoms with Gasteiger partial charge in [-0.1, -0.05) is 27.7 Å². The van der Waals surface area contributed by atoms with Crippen molar-refractivity contribution in [3.63, 3.8) is 0 Å². The first-order chi connectivity index (χ1) is 8.31. The van der Waals surface area contributed by atoms with Gasteiger partial charge in [-0.05, 0) is 18.3 Å². The zero-order chi connectivity index (χ0) is 13.6. The second-order valence-electron chi connectivity index (χ2n) is 6.94. The Labute approximate surface area is 134 Å². The molecule has 0 spiro atoms. The summed E-state index contributed by atoms with van der Waals surface area (Å²) >= 11 is 0. The number of hydrogen-bond acceptors (Lipinski definition) is 2. The van der Waals surface area contributed by atoms with Crippen LogP contribution in [-0.2, 0) is 4.74 Å². The van der Waals surface area contributed by atoms with E-state index in [0.29, 0.717) is 23.6 Å². The van der Waals surface area contributed by atoms with Crippen LogP contribution in [0.15, 0.2) is 4.99 Å². The van der Waals surface area contributed by atoms with E-state index in [1.54, 1.807) is 7.11 Å². The Kier molecular flexibility index (Phi) is 5.15. The predicted octanol–water partition coefficient (Wildman–Crippen LogP) is 2.38. The van der Waals surface area contributed by atoms with Gasteiger partial charge in [-0.15, -0.1) is 24.0 Å². The molecular weight excluding hydrogens is 353 g/mol. The summed E-state index contributed by atoms with van der Waals surface area (Å²) in [5, 5.41) is 7.02. The van der Waals surface area contributed by atoms with E-state index in [9.17, 15) is 0 Å². The number of nitrogens with one attached hydrogen (secondary N) is 2. The summed E-state index contributed by atoms with van der Waals surface area (Å²) < 4.78 is 5.47. The standard InChI is InChI=1S/C14H27N3O.HI/c1-13(2)8-10(13)17-12(15-5)16-9-7-11(18-6)14(9,3)4;/h9-11H,7-8H2,1-6H3,(H2,15,16,17);1H. The van der Waals surface area contributed by atoms with Crippen LogP contribution in [-0.4, -0.2) is 38.3 Å². The fourth-order valence-electron chi connectivity index (χ4n) is 2.74. The summed E-state index contributed by atoms with van der Waals surface area (Å²) in [6.07, 6.45) is 2.63. The van der Waals surface area contributed by atoms with Crippen molar-refractivity contribution < 1.29 is 4.74 Å². The molecule has 0 saturated heterocycles. The summed E-state index contributed by atoms with van der Waals surface area (Å²) in [5.41, 5.74) is 0.591. The molecule has 2 aliphatic carbocycles. The van der Waals surface area contributed by atoms with Crippen LogP contribution in [0.2, 0.25) is 0 Å². The third-order valence-corrected chi connectivity index (χ3v) is 4.82. The molecule has 0 aromatic carbocycles. The van der Waals surface area contributed by atoms with E-state index in [-0.39, 0.29) is 29.4 Å². The van der Waals surface area contributed by atoms with Gasteiger partial charge >= 0.3 is 0 Å². The van der Waals surface area contributed by atoms with Crippen LogP contribution in [0.25, 0.3) is 0 Å². The lowest BCUT2D eigenvalue weighted by molar-refractivity contribution is -0.0922. The van der Waals surface area contributed by atoms with E-state index in [2.05, 4.69) is 43.3 Å². The normalized spacial score (nSPS) is 34.8. The van der Waals surface area contributed by atoms with E-state index < -0.39 is 0 Å². The highest BCUT2D eigenvalue weighted by Gasteiger charge is 2.50. The Balaban J connectivity index is 0.00000180. The van der Waals surface area contributed by atoms with Crippen LogP contribution in [0, 0.1) is 10.8 Å². The topological polar surface area (TPSA) is 45.7 Å². The number of aliphatic imine (C=N–C) groups is 1. The van der Waals surface area contributed by atoms with E-state index >= 15 is 0 Å². The SMILES string of the molecule is CN=C(NC1CC1(C)C)NC1CC(OC)C1(C)C.I. The molecule has 19 heavy (non-hydrogen) atoms. The number of nitrogens with zero attached hydrogens (tertiary/aromatic N) is 1. The Morgan fingerprint density at radius 1 is 1.16 bits per heavy atom. The third kappa shape index (κ3) is 3.35. The van der Waals surface area contributed by atoms with Crippen LogP contribution in [0.4, 0.5) is 0 Å². The minimum absolute atomic E-state index is 0. The van der Waals surface area contributed by atoms with Gasteiger partial charge < -0.3 is 15.4 Å². The molecular formula is C14H28IN3O. The molecule has 2 aliphatic rings. The number of rotatable bonds is 3. The lowest BCUT2D eigenvalue weighted by atomic mass is 9.64. The molecule has 3 atom stereocenters. The smallest absolute Gasteiger partial charge is 0.191 e. The lowest BCUT2D eigenvalue weighted by Gasteiger charge is -2.51. The van der Waals surface area contributed by atoms with Gasteiger partial charge in [0.15, 0.2) is 5.96 Å². The van der Waals surface area contributed by atoms with Crippen molar-refractivity contribution in [1.29, 1.82) is 0 Å². The van der Waals surface area contributed by atoms with Gasteiger partial charge in [0.25, 0.3) is 0 Å². The molecule has 0 bridgehead atoms. The van der Waals surface area contributed by atoms with Gasteiger partial charge in [-0.3, -0.25) is 4.99 Å². The van der Waals surface area contributed by atoms with Crippen molar-refractivity contribution in [3.8, 4) is 0 Å². The molecule has 0 aromatic rings. The maximum Gasteiger partial charge on any atom is 0.191 e. The van der Waals surface area contributed by atoms with E-state index in [0.717, 1.165) is 12.4 Å². The summed E-state index contributed by atoms with van der Waals surface area (Å²) in [7, 11) is 3.63. The number of methoxy groups -OCH3 is 1. The van der Waals surface area contributed by atoms with Crippen molar-refractivity contribution >= 4 is 29.9 Å². The first-order valence-electron chi connectivity index (χ1n) is 6.84. The number of hydrogen-bond donors (Lipinski definition) is 2. The molecule has 2 N–H and O–H groups in total. The Morgan fingerprint density at radius 2 is 1.68 bits per heavy atom. The molecule has 0 aliphatic heterocycles. The molecule has 4 nitrogen and oxygen atoms in total. The number of halogens is 1. The van der Waals surface area contributed by atoms with Gasteiger partial charge in [0, 0.05) is 31.7 Å². The molecule has 2 rings (SSSR count). The molecule has 3 unspecified atom stereocenters. The van der Waals surface area contributed by atoms with Crippen molar-refractivity contribution in [1.82, 2.24) is 10.6 Å². The predicted molar refractivity (Wildman–Crippen MR) is 90.2 cm³/mol. The Morgan fingerprint density at radius 3 is 2.05 bits per heavy atom. The summed E-state index contributed by atoms with van der Waals surface area (Å²) in [6.45, 7) is 9.06. The van der Waals surface area contributed by atoms with Crippen LogP contribution < -0.4 is 10.6 Å².